The van der Waals surface area contributed by atoms with Crippen LogP contribution >= 0.6 is 0 Å². The van der Waals surface area contributed by atoms with E-state index in [2.05, 4.69) is 282 Å². The summed E-state index contributed by atoms with van der Waals surface area (Å²) >= 11 is 0. The van der Waals surface area contributed by atoms with Crippen molar-refractivity contribution in [1.82, 2.24) is 9.97 Å². The second-order valence-corrected chi connectivity index (χ2v) is 25.6. The van der Waals surface area contributed by atoms with Crippen LogP contribution in [-0.2, 0) is 10.8 Å². The molecule has 0 radical (unpaired) electrons. The van der Waals surface area contributed by atoms with Crippen molar-refractivity contribution < 1.29 is 9.59 Å². The highest BCUT2D eigenvalue weighted by molar-refractivity contribution is 6.14. The van der Waals surface area contributed by atoms with Crippen LogP contribution in [0.15, 0.2) is 328 Å². The maximum atomic E-state index is 13.4. The third kappa shape index (κ3) is 11.2. The minimum atomic E-state index is -0.274. The van der Waals surface area contributed by atoms with Crippen LogP contribution in [0, 0.1) is 0 Å². The molecular formula is C90H66N2O2. The Bertz CT molecular complexity index is 5090. The van der Waals surface area contributed by atoms with Crippen LogP contribution in [0.5, 0.6) is 0 Å². The molecule has 4 nitrogen and oxygen atoms in total. The minimum Gasteiger partial charge on any atom is -0.289 e. The molecule has 448 valence electrons. The molecule has 2 aliphatic rings. The fourth-order valence-electron chi connectivity index (χ4n) is 13.8. The first-order valence-corrected chi connectivity index (χ1v) is 32.2. The van der Waals surface area contributed by atoms with Crippen LogP contribution < -0.4 is 0 Å². The zero-order valence-electron chi connectivity index (χ0n) is 52.9. The van der Waals surface area contributed by atoms with Crippen LogP contribution in [-0.4, -0.2) is 21.5 Å². The lowest BCUT2D eigenvalue weighted by Crippen LogP contribution is -2.30. The summed E-state index contributed by atoms with van der Waals surface area (Å²) in [5.74, 6) is 0.213. The van der Waals surface area contributed by atoms with E-state index in [0.29, 0.717) is 0 Å². The van der Waals surface area contributed by atoms with Crippen LogP contribution in [0.25, 0.3) is 112 Å². The highest BCUT2D eigenvalue weighted by atomic mass is 16.1. The summed E-state index contributed by atoms with van der Waals surface area (Å²) in [6.45, 7) is 8.86. The maximum Gasteiger partial charge on any atom is 0.193 e. The fraction of sp³-hybridized carbons (Fsp3) is 0.0667. The Morgan fingerprint density at radius 3 is 0.766 bits per heavy atom. The van der Waals surface area contributed by atoms with E-state index in [4.69, 9.17) is 9.97 Å². The van der Waals surface area contributed by atoms with Crippen molar-refractivity contribution >= 4 is 11.6 Å². The topological polar surface area (TPSA) is 59.9 Å². The molecular weight excluding hydrogens is 1140 g/mol. The summed E-state index contributed by atoms with van der Waals surface area (Å²) < 4.78 is 0. The van der Waals surface area contributed by atoms with Gasteiger partial charge in [-0.1, -0.05) is 301 Å². The van der Waals surface area contributed by atoms with Crippen molar-refractivity contribution in [1.29, 1.82) is 0 Å². The number of carbonyl (C=O) groups is 2. The first-order chi connectivity index (χ1) is 45.9. The number of fused-ring (bicyclic) bond motifs is 4. The van der Waals surface area contributed by atoms with E-state index in [9.17, 15) is 9.59 Å². The fourth-order valence-corrected chi connectivity index (χ4v) is 13.8. The van der Waals surface area contributed by atoms with Crippen molar-refractivity contribution in [3.63, 3.8) is 0 Å². The third-order valence-electron chi connectivity index (χ3n) is 19.0. The lowest BCUT2D eigenvalue weighted by Gasteiger charge is -2.34. The molecule has 2 aromatic heterocycles. The second kappa shape index (κ2) is 24.5. The number of rotatable bonds is 10. The lowest BCUT2D eigenvalue weighted by atomic mass is 9.68. The summed E-state index contributed by atoms with van der Waals surface area (Å²) in [6, 6.07) is 114. The van der Waals surface area contributed by atoms with E-state index in [1.165, 1.54) is 0 Å². The molecule has 14 aromatic rings. The molecule has 0 N–H and O–H groups in total. The molecule has 4 heteroatoms. The van der Waals surface area contributed by atoms with Crippen LogP contribution in [0.3, 0.4) is 0 Å². The quantitative estimate of drug-likeness (QED) is 0.137. The Balaban J connectivity index is 0.000000155. The van der Waals surface area contributed by atoms with Gasteiger partial charge in [-0.05, 0) is 144 Å². The standard InChI is InChI=1S/2C45H33NO/c1-45(2)40-22-10-9-21-38(40)44(47)39-24-23-36(27-41(39)45)34-19-11-17-32(25-34)33-18-12-20-35(26-33)37-28-42(30-13-5-3-6-14-30)46-43(29-37)31-15-7-4-8-16-31;1-45(2)40-19-10-9-18-38(40)44(47)39-25-24-36(27-41(39)45)35-17-11-16-34(26-35)30-20-22-31(23-21-30)37-28-42(32-12-5-3-6-13-32)46-43(29-37)33-14-7-4-8-15-33/h2*3-29H,1-2H3. The molecule has 0 amide bonds. The molecule has 2 heterocycles. The highest BCUT2D eigenvalue weighted by Gasteiger charge is 2.38. The smallest absolute Gasteiger partial charge is 0.193 e. The summed E-state index contributed by atoms with van der Waals surface area (Å²) in [5, 5.41) is 0. The maximum absolute atomic E-state index is 13.4. The summed E-state index contributed by atoms with van der Waals surface area (Å²) in [5.41, 5.74) is 28.8. The van der Waals surface area contributed by atoms with Crippen molar-refractivity contribution in [2.75, 3.05) is 0 Å². The number of ketones is 2. The van der Waals surface area contributed by atoms with E-state index in [1.807, 2.05) is 72.8 Å². The summed E-state index contributed by atoms with van der Waals surface area (Å²) in [4.78, 5) is 36.9. The Morgan fingerprint density at radius 2 is 0.426 bits per heavy atom. The van der Waals surface area contributed by atoms with Gasteiger partial charge in [-0.15, -0.1) is 0 Å². The van der Waals surface area contributed by atoms with Gasteiger partial charge in [-0.25, -0.2) is 9.97 Å². The molecule has 2 aliphatic carbocycles. The number of aromatic nitrogens is 2. The van der Waals surface area contributed by atoms with Gasteiger partial charge in [0, 0.05) is 55.3 Å². The van der Waals surface area contributed by atoms with Crippen LogP contribution in [0.1, 0.15) is 81.8 Å². The molecule has 0 unspecified atom stereocenters. The number of hydrogen-bond donors (Lipinski definition) is 0. The predicted molar refractivity (Wildman–Crippen MR) is 387 cm³/mol. The number of carbonyl (C=O) groups excluding carboxylic acids is 2. The van der Waals surface area contributed by atoms with Crippen molar-refractivity contribution in [2.24, 2.45) is 0 Å². The number of benzene rings is 12. The van der Waals surface area contributed by atoms with Gasteiger partial charge in [0.25, 0.3) is 0 Å². The normalized spacial score (nSPS) is 13.1. The van der Waals surface area contributed by atoms with Crippen molar-refractivity contribution in [3.8, 4) is 112 Å². The van der Waals surface area contributed by atoms with E-state index in [-0.39, 0.29) is 22.4 Å². The van der Waals surface area contributed by atoms with Crippen LogP contribution in [0.2, 0.25) is 0 Å². The molecule has 12 aromatic carbocycles. The van der Waals surface area contributed by atoms with Gasteiger partial charge in [-0.2, -0.15) is 0 Å². The lowest BCUT2D eigenvalue weighted by molar-refractivity contribution is 0.102. The van der Waals surface area contributed by atoms with E-state index in [1.54, 1.807) is 0 Å². The van der Waals surface area contributed by atoms with E-state index >= 15 is 0 Å². The summed E-state index contributed by atoms with van der Waals surface area (Å²) in [7, 11) is 0. The SMILES string of the molecule is CC1(C)c2ccccc2C(=O)c2ccc(-c3cccc(-c4ccc(-c5cc(-c6ccccc6)nc(-c6ccccc6)c5)cc4)c3)cc21.CC1(C)c2ccccc2C(=O)c2ccc(-c3cccc(-c4cccc(-c5cc(-c6ccccc6)nc(-c6ccccc6)c5)c4)c3)cc21. The van der Waals surface area contributed by atoms with Crippen molar-refractivity contribution in [3.05, 3.63) is 372 Å². The van der Waals surface area contributed by atoms with E-state index < -0.39 is 0 Å². The first kappa shape index (κ1) is 58.6. The molecule has 0 saturated heterocycles. The average Bonchev–Trinajstić information content (AvgIpc) is 0.746. The van der Waals surface area contributed by atoms with Gasteiger partial charge in [-0.3, -0.25) is 9.59 Å². The Kier molecular flexibility index (Phi) is 15.3. The Morgan fingerprint density at radius 1 is 0.191 bits per heavy atom. The van der Waals surface area contributed by atoms with Gasteiger partial charge in [0.1, 0.15) is 0 Å². The summed E-state index contributed by atoms with van der Waals surface area (Å²) in [6.07, 6.45) is 0. The number of hydrogen-bond acceptors (Lipinski definition) is 4. The third-order valence-corrected chi connectivity index (χ3v) is 19.0. The first-order valence-electron chi connectivity index (χ1n) is 32.2. The van der Waals surface area contributed by atoms with Gasteiger partial charge < -0.3 is 0 Å². The van der Waals surface area contributed by atoms with Crippen molar-refractivity contribution in [2.45, 2.75) is 38.5 Å². The second-order valence-electron chi connectivity index (χ2n) is 25.6. The zero-order chi connectivity index (χ0) is 63.9. The highest BCUT2D eigenvalue weighted by Crippen LogP contribution is 2.45. The predicted octanol–water partition coefficient (Wildman–Crippen LogP) is 22.6. The number of pyridine rings is 2. The molecule has 0 aliphatic heterocycles. The van der Waals surface area contributed by atoms with E-state index in [0.717, 1.165) is 156 Å². The Labute approximate surface area is 550 Å². The molecule has 94 heavy (non-hydrogen) atoms. The van der Waals surface area contributed by atoms with Crippen LogP contribution in [0.4, 0.5) is 0 Å². The molecule has 0 fully saturated rings. The van der Waals surface area contributed by atoms with Gasteiger partial charge in [0.05, 0.1) is 22.8 Å². The zero-order valence-corrected chi connectivity index (χ0v) is 52.9. The van der Waals surface area contributed by atoms with Gasteiger partial charge in [0.15, 0.2) is 11.6 Å². The molecule has 0 spiro atoms. The average molecular weight is 1210 g/mol. The van der Waals surface area contributed by atoms with Gasteiger partial charge in [0.2, 0.25) is 0 Å². The minimum absolute atomic E-state index is 0.106. The number of nitrogens with zero attached hydrogens (tertiary/aromatic N) is 2. The molecule has 0 bridgehead atoms. The molecule has 0 saturated carbocycles. The monoisotopic (exact) mass is 1210 g/mol. The largest absolute Gasteiger partial charge is 0.289 e. The van der Waals surface area contributed by atoms with Gasteiger partial charge >= 0.3 is 0 Å². The molecule has 0 atom stereocenters. The molecule has 16 rings (SSSR count). The Hall–Kier alpha value is -11.7.